The molecule has 0 aliphatic carbocycles. The molecule has 5 nitrogen and oxygen atoms in total. The van der Waals surface area contributed by atoms with Crippen LogP contribution in [0.1, 0.15) is 15.9 Å². The molecule has 0 atom stereocenters. The predicted octanol–water partition coefficient (Wildman–Crippen LogP) is 0.281. The summed E-state index contributed by atoms with van der Waals surface area (Å²) < 4.78 is 22.6. The Bertz CT molecular complexity index is 489. The number of aromatic carboxylic acids is 1. The van der Waals surface area contributed by atoms with Crippen molar-refractivity contribution in [2.75, 3.05) is 6.26 Å². The zero-order valence-electron chi connectivity index (χ0n) is 7.97. The summed E-state index contributed by atoms with van der Waals surface area (Å²) in [6, 6.07) is 3.86. The minimum atomic E-state index is -3.52. The molecule has 0 unspecified atom stereocenters. The molecular formula is C9H10O5S. The number of hydrogen-bond donors (Lipinski definition) is 2. The Morgan fingerprint density at radius 2 is 2.00 bits per heavy atom. The fourth-order valence-electron chi connectivity index (χ4n) is 1.28. The minimum Gasteiger partial charge on any atom is -0.478 e. The molecule has 82 valence electrons. The maximum Gasteiger partial charge on any atom is 0.336 e. The highest BCUT2D eigenvalue weighted by molar-refractivity contribution is 7.90. The third-order valence-corrected chi connectivity index (χ3v) is 3.10. The first kappa shape index (κ1) is 11.7. The summed E-state index contributed by atoms with van der Waals surface area (Å²) in [5.74, 6) is -1.26. The van der Waals surface area contributed by atoms with E-state index in [2.05, 4.69) is 0 Å². The van der Waals surface area contributed by atoms with Gasteiger partial charge in [0.2, 0.25) is 0 Å². The maximum absolute atomic E-state index is 11.3. The molecule has 0 fully saturated rings. The summed E-state index contributed by atoms with van der Waals surface area (Å²) in [5, 5.41) is 17.8. The van der Waals surface area contributed by atoms with Gasteiger partial charge in [-0.15, -0.1) is 0 Å². The molecule has 0 amide bonds. The molecule has 0 heterocycles. The quantitative estimate of drug-likeness (QED) is 0.778. The Kier molecular flexibility index (Phi) is 3.11. The Labute approximate surface area is 86.9 Å². The number of aliphatic hydroxyl groups is 1. The van der Waals surface area contributed by atoms with Crippen molar-refractivity contribution in [1.29, 1.82) is 0 Å². The van der Waals surface area contributed by atoms with Gasteiger partial charge in [0.15, 0.2) is 9.84 Å². The van der Waals surface area contributed by atoms with Crippen molar-refractivity contribution < 1.29 is 23.4 Å². The molecule has 0 radical (unpaired) electrons. The predicted molar refractivity (Wildman–Crippen MR) is 52.4 cm³/mol. The molecule has 6 heteroatoms. The third-order valence-electron chi connectivity index (χ3n) is 1.92. The van der Waals surface area contributed by atoms with Gasteiger partial charge < -0.3 is 10.2 Å². The van der Waals surface area contributed by atoms with Gasteiger partial charge in [0.05, 0.1) is 17.1 Å². The van der Waals surface area contributed by atoms with E-state index in [-0.39, 0.29) is 16.0 Å². The van der Waals surface area contributed by atoms with Crippen LogP contribution in [-0.4, -0.2) is 30.9 Å². The fraction of sp³-hybridized carbons (Fsp3) is 0.222. The number of carbonyl (C=O) groups is 1. The van der Waals surface area contributed by atoms with Crippen molar-refractivity contribution in [2.24, 2.45) is 0 Å². The van der Waals surface area contributed by atoms with Crippen LogP contribution in [0, 0.1) is 0 Å². The van der Waals surface area contributed by atoms with E-state index in [1.165, 1.54) is 18.2 Å². The van der Waals surface area contributed by atoms with Crippen LogP contribution < -0.4 is 0 Å². The van der Waals surface area contributed by atoms with Gasteiger partial charge in [-0.25, -0.2) is 13.2 Å². The molecule has 0 saturated heterocycles. The average molecular weight is 230 g/mol. The van der Waals surface area contributed by atoms with Gasteiger partial charge in [0, 0.05) is 11.8 Å². The highest BCUT2D eigenvalue weighted by atomic mass is 32.2. The van der Waals surface area contributed by atoms with Crippen molar-refractivity contribution in [2.45, 2.75) is 11.5 Å². The van der Waals surface area contributed by atoms with Crippen molar-refractivity contribution in [3.05, 3.63) is 29.3 Å². The highest BCUT2D eigenvalue weighted by Crippen LogP contribution is 2.19. The highest BCUT2D eigenvalue weighted by Gasteiger charge is 2.18. The lowest BCUT2D eigenvalue weighted by atomic mass is 10.1. The normalized spacial score (nSPS) is 11.3. The Morgan fingerprint density at radius 3 is 2.40 bits per heavy atom. The van der Waals surface area contributed by atoms with Crippen LogP contribution in [0.2, 0.25) is 0 Å². The van der Waals surface area contributed by atoms with Crippen molar-refractivity contribution >= 4 is 15.8 Å². The molecule has 15 heavy (non-hydrogen) atoms. The van der Waals surface area contributed by atoms with E-state index in [0.29, 0.717) is 0 Å². The van der Waals surface area contributed by atoms with E-state index < -0.39 is 22.4 Å². The molecule has 1 aromatic rings. The minimum absolute atomic E-state index is 0.0764. The molecule has 0 aromatic heterocycles. The Morgan fingerprint density at radius 1 is 1.40 bits per heavy atom. The van der Waals surface area contributed by atoms with Crippen LogP contribution >= 0.6 is 0 Å². The molecule has 2 N–H and O–H groups in total. The van der Waals surface area contributed by atoms with E-state index >= 15 is 0 Å². The molecule has 0 aliphatic rings. The lowest BCUT2D eigenvalue weighted by Crippen LogP contribution is -2.09. The summed E-state index contributed by atoms with van der Waals surface area (Å²) in [6.07, 6.45) is 0.965. The molecule has 0 aliphatic heterocycles. The number of sulfone groups is 1. The van der Waals surface area contributed by atoms with Crippen molar-refractivity contribution in [3.8, 4) is 0 Å². The maximum atomic E-state index is 11.3. The smallest absolute Gasteiger partial charge is 0.336 e. The molecule has 0 bridgehead atoms. The van der Waals surface area contributed by atoms with Crippen molar-refractivity contribution in [3.63, 3.8) is 0 Å². The van der Waals surface area contributed by atoms with E-state index in [1.807, 2.05) is 0 Å². The second-order valence-electron chi connectivity index (χ2n) is 3.02. The first-order chi connectivity index (χ1) is 6.88. The Balaban J connectivity index is 3.56. The van der Waals surface area contributed by atoms with Crippen LogP contribution in [0.25, 0.3) is 0 Å². The number of rotatable bonds is 3. The fourth-order valence-corrected chi connectivity index (χ4v) is 2.22. The van der Waals surface area contributed by atoms with Crippen LogP contribution in [0.4, 0.5) is 0 Å². The second kappa shape index (κ2) is 4.00. The lowest BCUT2D eigenvalue weighted by molar-refractivity contribution is 0.0693. The van der Waals surface area contributed by atoms with Gasteiger partial charge in [-0.3, -0.25) is 0 Å². The Hall–Kier alpha value is -1.40. The summed E-state index contributed by atoms with van der Waals surface area (Å²) >= 11 is 0. The largest absolute Gasteiger partial charge is 0.478 e. The van der Waals surface area contributed by atoms with Crippen LogP contribution in [0.5, 0.6) is 0 Å². The number of carboxylic acids is 1. The van der Waals surface area contributed by atoms with E-state index in [1.54, 1.807) is 0 Å². The average Bonchev–Trinajstić information content (AvgIpc) is 2.15. The van der Waals surface area contributed by atoms with Crippen LogP contribution in [0.15, 0.2) is 23.1 Å². The van der Waals surface area contributed by atoms with E-state index in [9.17, 15) is 13.2 Å². The van der Waals surface area contributed by atoms with Crippen LogP contribution in [0.3, 0.4) is 0 Å². The SMILES string of the molecule is CS(=O)(=O)c1cccc(C(=O)O)c1CO. The first-order valence-corrected chi connectivity index (χ1v) is 5.93. The van der Waals surface area contributed by atoms with E-state index in [0.717, 1.165) is 6.26 Å². The van der Waals surface area contributed by atoms with Crippen molar-refractivity contribution in [1.82, 2.24) is 0 Å². The summed E-state index contributed by atoms with van der Waals surface area (Å²) in [7, 11) is -3.52. The molecular weight excluding hydrogens is 220 g/mol. The van der Waals surface area contributed by atoms with Gasteiger partial charge in [0.25, 0.3) is 0 Å². The zero-order valence-corrected chi connectivity index (χ0v) is 8.78. The van der Waals surface area contributed by atoms with E-state index in [4.69, 9.17) is 10.2 Å². The summed E-state index contributed by atoms with van der Waals surface area (Å²) in [4.78, 5) is 10.6. The molecule has 1 aromatic carbocycles. The standard InChI is InChI=1S/C9H10O5S/c1-15(13,14)8-4-2-3-6(9(11)12)7(8)5-10/h2-4,10H,5H2,1H3,(H,11,12). The molecule has 1 rings (SSSR count). The lowest BCUT2D eigenvalue weighted by Gasteiger charge is -2.08. The molecule has 0 saturated carbocycles. The van der Waals surface area contributed by atoms with Gasteiger partial charge >= 0.3 is 5.97 Å². The topological polar surface area (TPSA) is 91.7 Å². The van der Waals surface area contributed by atoms with Gasteiger partial charge in [-0.05, 0) is 12.1 Å². The summed E-state index contributed by atoms with van der Waals surface area (Å²) in [6.45, 7) is -0.620. The number of carboxylic acid groups (broad SMARTS) is 1. The zero-order chi connectivity index (χ0) is 11.6. The third kappa shape index (κ3) is 2.34. The van der Waals surface area contributed by atoms with Gasteiger partial charge in [0.1, 0.15) is 0 Å². The monoisotopic (exact) mass is 230 g/mol. The molecule has 0 spiro atoms. The number of aliphatic hydroxyl groups excluding tert-OH is 1. The van der Waals surface area contributed by atoms with Gasteiger partial charge in [-0.1, -0.05) is 6.07 Å². The second-order valence-corrected chi connectivity index (χ2v) is 5.00. The first-order valence-electron chi connectivity index (χ1n) is 4.04. The van der Waals surface area contributed by atoms with Crippen LogP contribution in [-0.2, 0) is 16.4 Å². The number of hydrogen-bond acceptors (Lipinski definition) is 4. The number of benzene rings is 1. The van der Waals surface area contributed by atoms with Gasteiger partial charge in [-0.2, -0.15) is 0 Å². The summed E-state index contributed by atoms with van der Waals surface area (Å²) in [5.41, 5.74) is -0.270.